The van der Waals surface area contributed by atoms with E-state index < -0.39 is 0 Å². The maximum Gasteiger partial charge on any atom is 0.0543 e. The van der Waals surface area contributed by atoms with E-state index in [1.54, 1.807) is 7.11 Å². The molecule has 0 aliphatic heterocycles. The lowest BCUT2D eigenvalue weighted by molar-refractivity contribution is 0.103. The second kappa shape index (κ2) is 8.21. The molecule has 2 unspecified atom stereocenters. The summed E-state index contributed by atoms with van der Waals surface area (Å²) in [5, 5.41) is 0. The van der Waals surface area contributed by atoms with Gasteiger partial charge in [-0.25, -0.2) is 0 Å². The summed E-state index contributed by atoms with van der Waals surface area (Å²) in [6.07, 6.45) is 4.87. The fourth-order valence-corrected chi connectivity index (χ4v) is 1.84. The van der Waals surface area contributed by atoms with Crippen LogP contribution in [0.25, 0.3) is 0 Å². The van der Waals surface area contributed by atoms with Gasteiger partial charge in [-0.1, -0.05) is 26.7 Å². The molecule has 0 amide bonds. The third-order valence-electron chi connectivity index (χ3n) is 3.12. The molecule has 0 radical (unpaired) electrons. The Hall–Kier alpha value is -0.120. The predicted molar refractivity (Wildman–Crippen MR) is 60.9 cm³/mol. The Bertz CT molecular complexity index is 126. The molecule has 0 aromatic heterocycles. The summed E-state index contributed by atoms with van der Waals surface area (Å²) in [5.74, 6) is 6.25. The normalized spacial score (nSPS) is 15.9. The van der Waals surface area contributed by atoms with Crippen molar-refractivity contribution in [3.05, 3.63) is 0 Å². The Morgan fingerprint density at radius 3 is 2.14 bits per heavy atom. The summed E-state index contributed by atoms with van der Waals surface area (Å²) in [7, 11) is 1.76. The van der Waals surface area contributed by atoms with E-state index in [-0.39, 0.29) is 0 Å². The first-order valence-corrected chi connectivity index (χ1v) is 5.68. The minimum Gasteiger partial charge on any atom is -0.382 e. The Labute approximate surface area is 88.4 Å². The number of nitrogens with one attached hydrogen (secondary N) is 1. The summed E-state index contributed by atoms with van der Waals surface area (Å²) in [6, 6.07) is 0.433. The molecule has 0 saturated heterocycles. The van der Waals surface area contributed by atoms with Gasteiger partial charge in [0.1, 0.15) is 0 Å². The molecule has 0 aliphatic carbocycles. The van der Waals surface area contributed by atoms with Gasteiger partial charge < -0.3 is 4.74 Å². The molecule has 3 N–H and O–H groups in total. The van der Waals surface area contributed by atoms with Gasteiger partial charge in [-0.2, -0.15) is 0 Å². The smallest absolute Gasteiger partial charge is 0.0543 e. The highest BCUT2D eigenvalue weighted by Gasteiger charge is 2.17. The van der Waals surface area contributed by atoms with Crippen LogP contribution in [0.2, 0.25) is 0 Å². The lowest BCUT2D eigenvalue weighted by atomic mass is 9.91. The molecule has 2 atom stereocenters. The van der Waals surface area contributed by atoms with Gasteiger partial charge >= 0.3 is 0 Å². The van der Waals surface area contributed by atoms with Crippen LogP contribution in [0, 0.1) is 5.92 Å². The lowest BCUT2D eigenvalue weighted by Crippen LogP contribution is -2.41. The van der Waals surface area contributed by atoms with Crippen LogP contribution >= 0.6 is 0 Å². The van der Waals surface area contributed by atoms with Crippen molar-refractivity contribution in [3.63, 3.8) is 0 Å². The van der Waals surface area contributed by atoms with E-state index in [0.29, 0.717) is 18.1 Å². The average Bonchev–Trinajstić information content (AvgIpc) is 2.23. The van der Waals surface area contributed by atoms with Crippen molar-refractivity contribution in [2.45, 2.75) is 58.6 Å². The van der Waals surface area contributed by atoms with E-state index >= 15 is 0 Å². The van der Waals surface area contributed by atoms with E-state index in [1.807, 2.05) is 0 Å². The van der Waals surface area contributed by atoms with Crippen molar-refractivity contribution in [1.29, 1.82) is 0 Å². The standard InChI is InChI=1S/C11H26N2O/c1-5-10(6-2)11(13-12)8-7-9(3)14-4/h9-11,13H,5-8,12H2,1-4H3. The Balaban J connectivity index is 3.88. The monoisotopic (exact) mass is 202 g/mol. The summed E-state index contributed by atoms with van der Waals surface area (Å²) >= 11 is 0. The van der Waals surface area contributed by atoms with Crippen molar-refractivity contribution >= 4 is 0 Å². The lowest BCUT2D eigenvalue weighted by Gasteiger charge is -2.25. The fraction of sp³-hybridized carbons (Fsp3) is 1.00. The minimum absolute atomic E-state index is 0.334. The molecule has 0 aliphatic rings. The largest absolute Gasteiger partial charge is 0.382 e. The quantitative estimate of drug-likeness (QED) is 0.468. The van der Waals surface area contributed by atoms with E-state index in [9.17, 15) is 0 Å². The predicted octanol–water partition coefficient (Wildman–Crippen LogP) is 2.07. The SMILES string of the molecule is CCC(CC)C(CCC(C)OC)NN. The summed E-state index contributed by atoms with van der Waals surface area (Å²) in [4.78, 5) is 0. The van der Waals surface area contributed by atoms with Crippen LogP contribution < -0.4 is 11.3 Å². The number of nitrogens with two attached hydrogens (primary N) is 1. The number of ether oxygens (including phenoxy) is 1. The van der Waals surface area contributed by atoms with Gasteiger partial charge in [0.2, 0.25) is 0 Å². The highest BCUT2D eigenvalue weighted by molar-refractivity contribution is 4.73. The van der Waals surface area contributed by atoms with Gasteiger partial charge in [0.25, 0.3) is 0 Å². The zero-order chi connectivity index (χ0) is 11.0. The van der Waals surface area contributed by atoms with Gasteiger partial charge in [-0.15, -0.1) is 0 Å². The number of methoxy groups -OCH3 is 1. The van der Waals surface area contributed by atoms with E-state index in [0.717, 1.165) is 12.8 Å². The highest BCUT2D eigenvalue weighted by atomic mass is 16.5. The summed E-state index contributed by atoms with van der Waals surface area (Å²) < 4.78 is 5.22. The van der Waals surface area contributed by atoms with Crippen LogP contribution in [0.4, 0.5) is 0 Å². The highest BCUT2D eigenvalue weighted by Crippen LogP contribution is 2.17. The van der Waals surface area contributed by atoms with Crippen LogP contribution in [0.5, 0.6) is 0 Å². The number of hydrazine groups is 1. The molecule has 3 heteroatoms. The van der Waals surface area contributed by atoms with Crippen molar-refractivity contribution in [2.75, 3.05) is 7.11 Å². The second-order valence-electron chi connectivity index (χ2n) is 3.97. The second-order valence-corrected chi connectivity index (χ2v) is 3.97. The molecule has 0 aromatic rings. The van der Waals surface area contributed by atoms with Gasteiger partial charge in [-0.3, -0.25) is 11.3 Å². The molecule has 14 heavy (non-hydrogen) atoms. The molecule has 0 spiro atoms. The molecule has 0 aromatic carbocycles. The van der Waals surface area contributed by atoms with Crippen LogP contribution in [-0.4, -0.2) is 19.3 Å². The van der Waals surface area contributed by atoms with Gasteiger partial charge in [-0.05, 0) is 25.7 Å². The molecule has 0 heterocycles. The molecule has 0 fully saturated rings. The van der Waals surface area contributed by atoms with Gasteiger partial charge in [0.15, 0.2) is 0 Å². The van der Waals surface area contributed by atoms with Crippen molar-refractivity contribution in [3.8, 4) is 0 Å². The first-order chi connectivity index (χ1) is 6.69. The first-order valence-electron chi connectivity index (χ1n) is 5.68. The first kappa shape index (κ1) is 13.9. The van der Waals surface area contributed by atoms with E-state index in [2.05, 4.69) is 26.2 Å². The fourth-order valence-electron chi connectivity index (χ4n) is 1.84. The molecule has 3 nitrogen and oxygen atoms in total. The number of rotatable bonds is 8. The summed E-state index contributed by atoms with van der Waals surface area (Å²) in [5.41, 5.74) is 2.93. The van der Waals surface area contributed by atoms with Crippen molar-refractivity contribution in [2.24, 2.45) is 11.8 Å². The van der Waals surface area contributed by atoms with Crippen LogP contribution in [0.15, 0.2) is 0 Å². The number of hydrogen-bond donors (Lipinski definition) is 2. The van der Waals surface area contributed by atoms with E-state index in [1.165, 1.54) is 12.8 Å². The zero-order valence-electron chi connectivity index (χ0n) is 10.0. The minimum atomic E-state index is 0.334. The van der Waals surface area contributed by atoms with Gasteiger partial charge in [0, 0.05) is 13.2 Å². The maximum atomic E-state index is 5.56. The summed E-state index contributed by atoms with van der Waals surface area (Å²) in [6.45, 7) is 6.54. The van der Waals surface area contributed by atoms with Crippen molar-refractivity contribution in [1.82, 2.24) is 5.43 Å². The zero-order valence-corrected chi connectivity index (χ0v) is 10.0. The molecule has 86 valence electrons. The van der Waals surface area contributed by atoms with Gasteiger partial charge in [0.05, 0.1) is 6.10 Å². The van der Waals surface area contributed by atoms with Crippen LogP contribution in [0.1, 0.15) is 46.5 Å². The molecular formula is C11H26N2O. The Morgan fingerprint density at radius 1 is 1.21 bits per heavy atom. The van der Waals surface area contributed by atoms with Crippen molar-refractivity contribution < 1.29 is 4.74 Å². The maximum absolute atomic E-state index is 5.56. The average molecular weight is 202 g/mol. The topological polar surface area (TPSA) is 47.3 Å². The molecule has 0 rings (SSSR count). The molecule has 0 bridgehead atoms. The third-order valence-corrected chi connectivity index (χ3v) is 3.12. The Morgan fingerprint density at radius 2 is 1.79 bits per heavy atom. The Kier molecular flexibility index (Phi) is 8.14. The third kappa shape index (κ3) is 4.94. The number of hydrogen-bond acceptors (Lipinski definition) is 3. The van der Waals surface area contributed by atoms with Crippen LogP contribution in [0.3, 0.4) is 0 Å². The van der Waals surface area contributed by atoms with E-state index in [4.69, 9.17) is 10.6 Å². The van der Waals surface area contributed by atoms with Crippen LogP contribution in [-0.2, 0) is 4.74 Å². The molecular weight excluding hydrogens is 176 g/mol. The molecule has 0 saturated carbocycles.